The minimum Gasteiger partial charge on any atom is -0.469 e. The van der Waals surface area contributed by atoms with Crippen LogP contribution in [0, 0.1) is 0 Å². The molecule has 0 aliphatic carbocycles. The van der Waals surface area contributed by atoms with E-state index in [0.717, 1.165) is 18.4 Å². The summed E-state index contributed by atoms with van der Waals surface area (Å²) in [5, 5.41) is 2.48. The zero-order valence-electron chi connectivity index (χ0n) is 10.9. The summed E-state index contributed by atoms with van der Waals surface area (Å²) >= 11 is 0. The van der Waals surface area contributed by atoms with Crippen LogP contribution in [0.5, 0.6) is 0 Å². The van der Waals surface area contributed by atoms with Gasteiger partial charge in [-0.3, -0.25) is 4.79 Å². The minimum absolute atomic E-state index is 0.187. The van der Waals surface area contributed by atoms with Gasteiger partial charge in [-0.15, -0.1) is 0 Å². The molecule has 94 valence electrons. The van der Waals surface area contributed by atoms with Crippen LogP contribution in [0.25, 0.3) is 10.8 Å². The van der Waals surface area contributed by atoms with Crippen molar-refractivity contribution in [2.75, 3.05) is 7.11 Å². The van der Waals surface area contributed by atoms with Crippen LogP contribution in [0.1, 0.15) is 24.5 Å². The van der Waals surface area contributed by atoms with Crippen molar-refractivity contribution in [2.45, 2.75) is 26.2 Å². The van der Waals surface area contributed by atoms with Crippen LogP contribution in [0.3, 0.4) is 0 Å². The summed E-state index contributed by atoms with van der Waals surface area (Å²) in [5.41, 5.74) is 2.35. The molecule has 0 bridgehead atoms. The molecule has 0 aliphatic heterocycles. The number of fused-ring (bicyclic) bond motifs is 1. The van der Waals surface area contributed by atoms with Gasteiger partial charge >= 0.3 is 5.97 Å². The molecule has 0 N–H and O–H groups in total. The first-order valence-corrected chi connectivity index (χ1v) is 6.32. The average Bonchev–Trinajstić information content (AvgIpc) is 2.39. The summed E-state index contributed by atoms with van der Waals surface area (Å²) in [6.45, 7) is 2.17. The van der Waals surface area contributed by atoms with E-state index in [1.54, 1.807) is 0 Å². The molecular weight excluding hydrogens is 224 g/mol. The Morgan fingerprint density at radius 3 is 2.72 bits per heavy atom. The van der Waals surface area contributed by atoms with Crippen LogP contribution < -0.4 is 0 Å². The molecule has 0 saturated carbocycles. The standard InChI is InChI=1S/C16H18O2/c1-3-6-13-9-12(11-16(17)18-2)10-14-7-4-5-8-15(13)14/h4-5,7-10H,3,6,11H2,1-2H3. The molecule has 0 radical (unpaired) electrons. The lowest BCUT2D eigenvalue weighted by atomic mass is 9.97. The highest BCUT2D eigenvalue weighted by atomic mass is 16.5. The first-order valence-electron chi connectivity index (χ1n) is 6.32. The van der Waals surface area contributed by atoms with Crippen molar-refractivity contribution in [2.24, 2.45) is 0 Å². The van der Waals surface area contributed by atoms with Gasteiger partial charge in [-0.05, 0) is 28.3 Å². The third-order valence-electron chi connectivity index (χ3n) is 3.10. The van der Waals surface area contributed by atoms with E-state index >= 15 is 0 Å². The van der Waals surface area contributed by atoms with E-state index in [4.69, 9.17) is 4.74 Å². The number of esters is 1. The molecule has 0 fully saturated rings. The van der Waals surface area contributed by atoms with Crippen LogP contribution in [0.4, 0.5) is 0 Å². The van der Waals surface area contributed by atoms with Crippen molar-refractivity contribution in [3.8, 4) is 0 Å². The molecule has 0 aromatic heterocycles. The molecule has 0 amide bonds. The Balaban J connectivity index is 2.46. The van der Waals surface area contributed by atoms with Gasteiger partial charge in [0, 0.05) is 0 Å². The normalized spacial score (nSPS) is 10.6. The van der Waals surface area contributed by atoms with Gasteiger partial charge in [0.2, 0.25) is 0 Å². The minimum atomic E-state index is -0.187. The molecule has 0 spiro atoms. The summed E-state index contributed by atoms with van der Waals surface area (Å²) < 4.78 is 4.73. The van der Waals surface area contributed by atoms with Crippen molar-refractivity contribution < 1.29 is 9.53 Å². The third-order valence-corrected chi connectivity index (χ3v) is 3.10. The van der Waals surface area contributed by atoms with Gasteiger partial charge in [-0.2, -0.15) is 0 Å². The summed E-state index contributed by atoms with van der Waals surface area (Å²) in [4.78, 5) is 11.4. The predicted octanol–water partition coefficient (Wildman–Crippen LogP) is 3.51. The molecule has 2 rings (SSSR count). The van der Waals surface area contributed by atoms with Gasteiger partial charge in [0.05, 0.1) is 13.5 Å². The molecule has 0 heterocycles. The number of methoxy groups -OCH3 is 1. The number of ether oxygens (including phenoxy) is 1. The van der Waals surface area contributed by atoms with Crippen molar-refractivity contribution in [3.63, 3.8) is 0 Å². The SMILES string of the molecule is CCCc1cc(CC(=O)OC)cc2ccccc12. The highest BCUT2D eigenvalue weighted by molar-refractivity contribution is 5.87. The van der Waals surface area contributed by atoms with Crippen LogP contribution in [0.15, 0.2) is 36.4 Å². The lowest BCUT2D eigenvalue weighted by molar-refractivity contribution is -0.139. The Labute approximate surface area is 108 Å². The average molecular weight is 242 g/mol. The van der Waals surface area contributed by atoms with Crippen LogP contribution in [-0.2, 0) is 22.4 Å². The number of carbonyl (C=O) groups excluding carboxylic acids is 1. The van der Waals surface area contributed by atoms with Gasteiger partial charge in [0.1, 0.15) is 0 Å². The van der Waals surface area contributed by atoms with E-state index in [1.807, 2.05) is 6.07 Å². The number of aryl methyl sites for hydroxylation is 1. The zero-order chi connectivity index (χ0) is 13.0. The van der Waals surface area contributed by atoms with Gasteiger partial charge < -0.3 is 4.74 Å². The highest BCUT2D eigenvalue weighted by Crippen LogP contribution is 2.22. The molecule has 2 aromatic rings. The fourth-order valence-electron chi connectivity index (χ4n) is 2.28. The largest absolute Gasteiger partial charge is 0.469 e. The number of rotatable bonds is 4. The van der Waals surface area contributed by atoms with Crippen LogP contribution >= 0.6 is 0 Å². The molecule has 0 saturated heterocycles. The Hall–Kier alpha value is -1.83. The second-order valence-corrected chi connectivity index (χ2v) is 4.48. The maximum atomic E-state index is 11.4. The van der Waals surface area contributed by atoms with Crippen molar-refractivity contribution in [1.82, 2.24) is 0 Å². The summed E-state index contributed by atoms with van der Waals surface area (Å²) in [7, 11) is 1.43. The van der Waals surface area contributed by atoms with Gasteiger partial charge in [-0.25, -0.2) is 0 Å². The highest BCUT2D eigenvalue weighted by Gasteiger charge is 2.07. The predicted molar refractivity (Wildman–Crippen MR) is 73.7 cm³/mol. The first kappa shape index (κ1) is 12.6. The van der Waals surface area contributed by atoms with E-state index in [1.165, 1.54) is 23.4 Å². The first-order chi connectivity index (χ1) is 8.74. The van der Waals surface area contributed by atoms with E-state index < -0.39 is 0 Å². The zero-order valence-corrected chi connectivity index (χ0v) is 10.9. The Bertz CT molecular complexity index is 558. The Morgan fingerprint density at radius 1 is 1.22 bits per heavy atom. The molecule has 2 heteroatoms. The lowest BCUT2D eigenvalue weighted by Gasteiger charge is -2.09. The Kier molecular flexibility index (Phi) is 3.98. The van der Waals surface area contributed by atoms with Crippen molar-refractivity contribution in [3.05, 3.63) is 47.5 Å². The lowest BCUT2D eigenvalue weighted by Crippen LogP contribution is -2.05. The van der Waals surface area contributed by atoms with Gasteiger partial charge in [0.25, 0.3) is 0 Å². The van der Waals surface area contributed by atoms with E-state index in [9.17, 15) is 4.79 Å². The van der Waals surface area contributed by atoms with E-state index in [-0.39, 0.29) is 5.97 Å². The number of benzene rings is 2. The van der Waals surface area contributed by atoms with Crippen molar-refractivity contribution in [1.29, 1.82) is 0 Å². The fraction of sp³-hybridized carbons (Fsp3) is 0.312. The summed E-state index contributed by atoms with van der Waals surface area (Å²) in [6.07, 6.45) is 2.49. The number of carbonyl (C=O) groups is 1. The molecule has 0 aliphatic rings. The Morgan fingerprint density at radius 2 is 2.00 bits per heavy atom. The van der Waals surface area contributed by atoms with Crippen LogP contribution in [-0.4, -0.2) is 13.1 Å². The second kappa shape index (κ2) is 5.67. The molecule has 0 atom stereocenters. The molecular formula is C16H18O2. The molecule has 0 unspecified atom stereocenters. The summed E-state index contributed by atoms with van der Waals surface area (Å²) in [5.74, 6) is -0.187. The topological polar surface area (TPSA) is 26.3 Å². The van der Waals surface area contributed by atoms with Crippen LogP contribution in [0.2, 0.25) is 0 Å². The summed E-state index contributed by atoms with van der Waals surface area (Å²) in [6, 6.07) is 12.5. The number of hydrogen-bond acceptors (Lipinski definition) is 2. The van der Waals surface area contributed by atoms with Gasteiger partial charge in [-0.1, -0.05) is 49.7 Å². The monoisotopic (exact) mass is 242 g/mol. The van der Waals surface area contributed by atoms with E-state index in [0.29, 0.717) is 6.42 Å². The second-order valence-electron chi connectivity index (χ2n) is 4.48. The van der Waals surface area contributed by atoms with E-state index in [2.05, 4.69) is 37.3 Å². The maximum absolute atomic E-state index is 11.4. The molecule has 2 aromatic carbocycles. The quantitative estimate of drug-likeness (QED) is 0.767. The molecule has 2 nitrogen and oxygen atoms in total. The maximum Gasteiger partial charge on any atom is 0.309 e. The molecule has 18 heavy (non-hydrogen) atoms. The van der Waals surface area contributed by atoms with Gasteiger partial charge in [0.15, 0.2) is 0 Å². The number of hydrogen-bond donors (Lipinski definition) is 0. The smallest absolute Gasteiger partial charge is 0.309 e. The van der Waals surface area contributed by atoms with Crippen molar-refractivity contribution >= 4 is 16.7 Å². The third kappa shape index (κ3) is 2.70. The fourth-order valence-corrected chi connectivity index (χ4v) is 2.28.